The lowest BCUT2D eigenvalue weighted by atomic mass is 10.0. The van der Waals surface area contributed by atoms with Crippen molar-refractivity contribution in [3.63, 3.8) is 0 Å². The zero-order valence-electron chi connectivity index (χ0n) is 15.3. The largest absolute Gasteiger partial charge is 0.453 e. The smallest absolute Gasteiger partial charge is 0.170 e. The summed E-state index contributed by atoms with van der Waals surface area (Å²) in [5, 5.41) is 0. The fraction of sp³-hybridized carbons (Fsp3) is 0.130. The van der Waals surface area contributed by atoms with E-state index in [0.717, 1.165) is 29.1 Å². The molecule has 0 amide bonds. The van der Waals surface area contributed by atoms with Gasteiger partial charge in [-0.25, -0.2) is 0 Å². The third-order valence-electron chi connectivity index (χ3n) is 3.91. The Morgan fingerprint density at radius 3 is 1.89 bits per heavy atom. The van der Waals surface area contributed by atoms with Crippen molar-refractivity contribution in [1.82, 2.24) is 0 Å². The fourth-order valence-corrected chi connectivity index (χ4v) is 2.64. The van der Waals surface area contributed by atoms with Gasteiger partial charge in [0.2, 0.25) is 0 Å². The zero-order chi connectivity index (χ0) is 18.4. The maximum Gasteiger partial charge on any atom is 0.170 e. The summed E-state index contributed by atoms with van der Waals surface area (Å²) in [6, 6.07) is 25.0. The molecule has 0 aromatic heterocycles. The molecule has 3 rings (SSSR count). The Morgan fingerprint density at radius 2 is 1.37 bits per heavy atom. The highest BCUT2D eigenvalue weighted by Crippen LogP contribution is 2.37. The molecular weight excluding hydrogens is 358 g/mol. The van der Waals surface area contributed by atoms with Gasteiger partial charge in [0, 0.05) is 6.04 Å². The second-order valence-corrected chi connectivity index (χ2v) is 6.30. The molecule has 4 heteroatoms. The third-order valence-corrected chi connectivity index (χ3v) is 3.91. The van der Waals surface area contributed by atoms with Crippen LogP contribution >= 0.6 is 12.4 Å². The molecule has 0 spiro atoms. The lowest BCUT2D eigenvalue weighted by molar-refractivity contribution is 0.417. The quantitative estimate of drug-likeness (QED) is 0.465. The molecule has 3 aromatic rings. The molecular formula is C23H24ClNO2. The molecule has 27 heavy (non-hydrogen) atoms. The number of nitrogens with two attached hydrogens (primary N) is 1. The predicted molar refractivity (Wildman–Crippen MR) is 113 cm³/mol. The van der Waals surface area contributed by atoms with Gasteiger partial charge < -0.3 is 15.2 Å². The molecule has 1 atom stereocenters. The van der Waals surface area contributed by atoms with E-state index in [4.69, 9.17) is 15.2 Å². The number of halogens is 1. The highest BCUT2D eigenvalue weighted by Gasteiger charge is 2.13. The first kappa shape index (κ1) is 20.6. The summed E-state index contributed by atoms with van der Waals surface area (Å²) >= 11 is 0. The van der Waals surface area contributed by atoms with Crippen LogP contribution in [0.15, 0.2) is 91.0 Å². The van der Waals surface area contributed by atoms with Crippen molar-refractivity contribution in [3.05, 3.63) is 96.6 Å². The second-order valence-electron chi connectivity index (χ2n) is 6.30. The minimum atomic E-state index is -0.128. The Balaban J connectivity index is 0.00000261. The Morgan fingerprint density at radius 1 is 0.852 bits per heavy atom. The van der Waals surface area contributed by atoms with Gasteiger partial charge in [0.05, 0.1) is 0 Å². The molecule has 0 aliphatic heterocycles. The van der Waals surface area contributed by atoms with E-state index in [1.165, 1.54) is 0 Å². The van der Waals surface area contributed by atoms with Gasteiger partial charge >= 0.3 is 0 Å². The normalized spacial score (nSPS) is 11.2. The molecule has 0 radical (unpaired) electrons. The van der Waals surface area contributed by atoms with Crippen molar-refractivity contribution in [2.24, 2.45) is 5.73 Å². The minimum Gasteiger partial charge on any atom is -0.453 e. The number of rotatable bonds is 7. The summed E-state index contributed by atoms with van der Waals surface area (Å²) in [6.07, 6.45) is 0.726. The molecule has 0 aliphatic rings. The first-order valence-corrected chi connectivity index (χ1v) is 8.61. The van der Waals surface area contributed by atoms with Gasteiger partial charge in [-0.15, -0.1) is 19.0 Å². The maximum atomic E-state index is 6.30. The first-order valence-electron chi connectivity index (χ1n) is 8.61. The van der Waals surface area contributed by atoms with E-state index in [2.05, 4.69) is 6.58 Å². The van der Waals surface area contributed by atoms with Crippen LogP contribution in [0.4, 0.5) is 0 Å². The van der Waals surface area contributed by atoms with Crippen LogP contribution in [0.1, 0.15) is 24.9 Å². The summed E-state index contributed by atoms with van der Waals surface area (Å²) in [7, 11) is 0. The molecule has 0 saturated heterocycles. The maximum absolute atomic E-state index is 6.30. The Kier molecular flexibility index (Phi) is 7.47. The van der Waals surface area contributed by atoms with Crippen LogP contribution in [0.3, 0.4) is 0 Å². The van der Waals surface area contributed by atoms with Crippen molar-refractivity contribution < 1.29 is 9.47 Å². The molecule has 0 aliphatic carbocycles. The highest BCUT2D eigenvalue weighted by molar-refractivity contribution is 5.85. The highest BCUT2D eigenvalue weighted by atomic mass is 35.5. The molecule has 0 heterocycles. The van der Waals surface area contributed by atoms with E-state index in [-0.39, 0.29) is 18.4 Å². The van der Waals surface area contributed by atoms with Crippen LogP contribution in [0.25, 0.3) is 0 Å². The topological polar surface area (TPSA) is 44.5 Å². The molecule has 0 fully saturated rings. The second kappa shape index (κ2) is 9.81. The summed E-state index contributed by atoms with van der Waals surface area (Å²) in [6.45, 7) is 5.93. The summed E-state index contributed by atoms with van der Waals surface area (Å²) in [4.78, 5) is 0. The lowest BCUT2D eigenvalue weighted by Gasteiger charge is -2.17. The Labute approximate surface area is 166 Å². The zero-order valence-corrected chi connectivity index (χ0v) is 16.1. The van der Waals surface area contributed by atoms with Crippen LogP contribution in [0.2, 0.25) is 0 Å². The molecule has 0 saturated carbocycles. The van der Waals surface area contributed by atoms with E-state index in [1.807, 2.05) is 85.8 Å². The standard InChI is InChI=1S/C23H23NO2.ClH/c1-17(2)15-21(24)18-13-14-22(25-19-9-5-3-6-10-19)23(16-18)26-20-11-7-4-8-12-20;/h3-14,16,21H,1,15,24H2,2H3;1H/t21-;/m0./s1. The lowest BCUT2D eigenvalue weighted by Crippen LogP contribution is -2.10. The number of hydrogen-bond acceptors (Lipinski definition) is 3. The number of ether oxygens (including phenoxy) is 2. The van der Waals surface area contributed by atoms with Crippen molar-refractivity contribution >= 4 is 12.4 Å². The van der Waals surface area contributed by atoms with Crippen LogP contribution < -0.4 is 15.2 Å². The molecule has 140 valence electrons. The SMILES string of the molecule is C=C(C)C[C@H](N)c1ccc(Oc2ccccc2)c(Oc2ccccc2)c1.Cl. The van der Waals surface area contributed by atoms with E-state index in [0.29, 0.717) is 11.5 Å². The molecule has 0 bridgehead atoms. The first-order chi connectivity index (χ1) is 12.6. The van der Waals surface area contributed by atoms with Crippen molar-refractivity contribution in [2.75, 3.05) is 0 Å². The van der Waals surface area contributed by atoms with E-state index in [1.54, 1.807) is 0 Å². The molecule has 2 N–H and O–H groups in total. The summed E-state index contributed by atoms with van der Waals surface area (Å²) < 4.78 is 12.1. The average molecular weight is 382 g/mol. The van der Waals surface area contributed by atoms with Gasteiger partial charge in [0.25, 0.3) is 0 Å². The van der Waals surface area contributed by atoms with Gasteiger partial charge in [0.15, 0.2) is 11.5 Å². The number of benzene rings is 3. The van der Waals surface area contributed by atoms with Gasteiger partial charge in [-0.3, -0.25) is 0 Å². The molecule has 3 aromatic carbocycles. The van der Waals surface area contributed by atoms with E-state index in [9.17, 15) is 0 Å². The number of hydrogen-bond donors (Lipinski definition) is 1. The van der Waals surface area contributed by atoms with E-state index < -0.39 is 0 Å². The molecule has 3 nitrogen and oxygen atoms in total. The monoisotopic (exact) mass is 381 g/mol. The molecule has 0 unspecified atom stereocenters. The van der Waals surface area contributed by atoms with Gasteiger partial charge in [-0.2, -0.15) is 0 Å². The van der Waals surface area contributed by atoms with Crippen LogP contribution in [0, 0.1) is 0 Å². The van der Waals surface area contributed by atoms with Crippen LogP contribution in [-0.4, -0.2) is 0 Å². The summed E-state index contributed by atoms with van der Waals surface area (Å²) in [5.74, 6) is 2.78. The van der Waals surface area contributed by atoms with Gasteiger partial charge in [-0.1, -0.05) is 48.0 Å². The van der Waals surface area contributed by atoms with Crippen molar-refractivity contribution in [2.45, 2.75) is 19.4 Å². The number of para-hydroxylation sites is 2. The average Bonchev–Trinajstić information content (AvgIpc) is 2.64. The van der Waals surface area contributed by atoms with E-state index >= 15 is 0 Å². The van der Waals surface area contributed by atoms with Gasteiger partial charge in [0.1, 0.15) is 11.5 Å². The third kappa shape index (κ3) is 5.88. The fourth-order valence-electron chi connectivity index (χ4n) is 2.64. The van der Waals surface area contributed by atoms with Crippen LogP contribution in [-0.2, 0) is 0 Å². The van der Waals surface area contributed by atoms with Gasteiger partial charge in [-0.05, 0) is 55.3 Å². The minimum absolute atomic E-state index is 0. The summed E-state index contributed by atoms with van der Waals surface area (Å²) in [5.41, 5.74) is 8.34. The van der Waals surface area contributed by atoms with Crippen LogP contribution in [0.5, 0.6) is 23.0 Å². The Bertz CT molecular complexity index is 866. The Hall–Kier alpha value is -2.75. The van der Waals surface area contributed by atoms with Crippen molar-refractivity contribution in [1.29, 1.82) is 0 Å². The van der Waals surface area contributed by atoms with Crippen molar-refractivity contribution in [3.8, 4) is 23.0 Å². The predicted octanol–water partition coefficient (Wildman–Crippen LogP) is 6.66.